The number of rotatable bonds is 6. The van der Waals surface area contributed by atoms with E-state index in [4.69, 9.17) is 5.73 Å². The molecule has 0 radical (unpaired) electrons. The average molecular weight is 240 g/mol. The molecule has 0 bridgehead atoms. The van der Waals surface area contributed by atoms with E-state index in [2.05, 4.69) is 32.7 Å². The predicted molar refractivity (Wildman–Crippen MR) is 76.0 cm³/mol. The number of hydrogen-bond acceptors (Lipinski definition) is 2. The summed E-state index contributed by atoms with van der Waals surface area (Å²) in [5.41, 5.74) is 5.74. The molecule has 2 heteroatoms. The Labute approximate surface area is 108 Å². The molecule has 1 unspecified atom stereocenters. The Morgan fingerprint density at radius 1 is 1.06 bits per heavy atom. The maximum absolute atomic E-state index is 5.74. The van der Waals surface area contributed by atoms with Crippen molar-refractivity contribution < 1.29 is 0 Å². The summed E-state index contributed by atoms with van der Waals surface area (Å²) in [6, 6.07) is 0.724. The summed E-state index contributed by atoms with van der Waals surface area (Å²) in [5.74, 6) is 2.53. The molecule has 1 atom stereocenters. The summed E-state index contributed by atoms with van der Waals surface area (Å²) in [5, 5.41) is 0. The van der Waals surface area contributed by atoms with Crippen LogP contribution in [0.2, 0.25) is 0 Å². The Bertz CT molecular complexity index is 195. The lowest BCUT2D eigenvalue weighted by atomic mass is 9.81. The second-order valence-corrected chi connectivity index (χ2v) is 6.54. The van der Waals surface area contributed by atoms with Crippen molar-refractivity contribution in [1.29, 1.82) is 0 Å². The zero-order valence-corrected chi connectivity index (χ0v) is 12.3. The van der Waals surface area contributed by atoms with E-state index >= 15 is 0 Å². The summed E-state index contributed by atoms with van der Waals surface area (Å²) in [6.07, 6.45) is 6.80. The van der Waals surface area contributed by atoms with Gasteiger partial charge in [-0.2, -0.15) is 0 Å². The van der Waals surface area contributed by atoms with Crippen molar-refractivity contribution in [3.8, 4) is 0 Å². The van der Waals surface area contributed by atoms with Crippen molar-refractivity contribution in [3.05, 3.63) is 0 Å². The van der Waals surface area contributed by atoms with Crippen LogP contribution < -0.4 is 5.73 Å². The molecule has 0 aromatic heterocycles. The minimum atomic E-state index is 0.724. The lowest BCUT2D eigenvalue weighted by Crippen LogP contribution is -2.36. The second-order valence-electron chi connectivity index (χ2n) is 6.54. The SMILES string of the molecule is CC(C)CC(C)N(C)CC1CCC(CN)CC1. The second kappa shape index (κ2) is 7.38. The summed E-state index contributed by atoms with van der Waals surface area (Å²) in [6.45, 7) is 9.18. The summed E-state index contributed by atoms with van der Waals surface area (Å²) >= 11 is 0. The lowest BCUT2D eigenvalue weighted by molar-refractivity contribution is 0.161. The van der Waals surface area contributed by atoms with Crippen molar-refractivity contribution in [2.24, 2.45) is 23.5 Å². The van der Waals surface area contributed by atoms with Crippen LogP contribution in [-0.4, -0.2) is 31.1 Å². The Morgan fingerprint density at radius 3 is 2.06 bits per heavy atom. The first-order valence-electron chi connectivity index (χ1n) is 7.43. The molecule has 0 saturated heterocycles. The quantitative estimate of drug-likeness (QED) is 0.773. The summed E-state index contributed by atoms with van der Waals surface area (Å²) in [4.78, 5) is 2.56. The maximum Gasteiger partial charge on any atom is 0.00664 e. The molecule has 17 heavy (non-hydrogen) atoms. The van der Waals surface area contributed by atoms with Crippen LogP contribution in [0.4, 0.5) is 0 Å². The monoisotopic (exact) mass is 240 g/mol. The van der Waals surface area contributed by atoms with E-state index in [0.29, 0.717) is 0 Å². The van der Waals surface area contributed by atoms with Gasteiger partial charge in [0.05, 0.1) is 0 Å². The zero-order valence-electron chi connectivity index (χ0n) is 12.3. The van der Waals surface area contributed by atoms with Gasteiger partial charge in [0.1, 0.15) is 0 Å². The minimum Gasteiger partial charge on any atom is -0.330 e. The third-order valence-corrected chi connectivity index (χ3v) is 4.41. The van der Waals surface area contributed by atoms with Crippen LogP contribution in [0.5, 0.6) is 0 Å². The Hall–Kier alpha value is -0.0800. The molecule has 1 aliphatic carbocycles. The highest BCUT2D eigenvalue weighted by molar-refractivity contribution is 4.76. The van der Waals surface area contributed by atoms with Gasteiger partial charge in [-0.05, 0) is 70.4 Å². The largest absolute Gasteiger partial charge is 0.330 e. The molecular formula is C15H32N2. The zero-order chi connectivity index (χ0) is 12.8. The molecule has 0 aromatic carbocycles. The minimum absolute atomic E-state index is 0.724. The van der Waals surface area contributed by atoms with Crippen LogP contribution in [0, 0.1) is 17.8 Å². The molecule has 2 N–H and O–H groups in total. The highest BCUT2D eigenvalue weighted by Crippen LogP contribution is 2.29. The van der Waals surface area contributed by atoms with Gasteiger partial charge in [0.25, 0.3) is 0 Å². The van der Waals surface area contributed by atoms with E-state index in [9.17, 15) is 0 Å². The average Bonchev–Trinajstić information content (AvgIpc) is 2.29. The first-order chi connectivity index (χ1) is 8.02. The van der Waals surface area contributed by atoms with Gasteiger partial charge in [0.15, 0.2) is 0 Å². The van der Waals surface area contributed by atoms with Crippen molar-refractivity contribution >= 4 is 0 Å². The van der Waals surface area contributed by atoms with Crippen molar-refractivity contribution in [2.75, 3.05) is 20.1 Å². The first kappa shape index (κ1) is 15.0. The van der Waals surface area contributed by atoms with Crippen molar-refractivity contribution in [2.45, 2.75) is 58.9 Å². The Morgan fingerprint density at radius 2 is 1.59 bits per heavy atom. The van der Waals surface area contributed by atoms with E-state index in [-0.39, 0.29) is 0 Å². The fourth-order valence-electron chi connectivity index (χ4n) is 3.10. The molecular weight excluding hydrogens is 208 g/mol. The van der Waals surface area contributed by atoms with Crippen LogP contribution in [0.25, 0.3) is 0 Å². The van der Waals surface area contributed by atoms with E-state index < -0.39 is 0 Å². The molecule has 0 spiro atoms. The molecule has 0 aromatic rings. The standard InChI is InChI=1S/C15H32N2/c1-12(2)9-13(3)17(4)11-15-7-5-14(10-16)6-8-15/h12-15H,5-11,16H2,1-4H3. The van der Waals surface area contributed by atoms with Gasteiger partial charge in [-0.15, -0.1) is 0 Å². The molecule has 0 amide bonds. The topological polar surface area (TPSA) is 29.3 Å². The molecule has 0 aliphatic heterocycles. The highest BCUT2D eigenvalue weighted by Gasteiger charge is 2.22. The van der Waals surface area contributed by atoms with Gasteiger partial charge in [0.2, 0.25) is 0 Å². The highest BCUT2D eigenvalue weighted by atomic mass is 15.1. The van der Waals surface area contributed by atoms with Gasteiger partial charge in [-0.1, -0.05) is 13.8 Å². The van der Waals surface area contributed by atoms with Gasteiger partial charge in [-0.25, -0.2) is 0 Å². The molecule has 2 nitrogen and oxygen atoms in total. The lowest BCUT2D eigenvalue weighted by Gasteiger charge is -2.33. The molecule has 1 fully saturated rings. The van der Waals surface area contributed by atoms with E-state index in [1.54, 1.807) is 0 Å². The van der Waals surface area contributed by atoms with Crippen LogP contribution in [-0.2, 0) is 0 Å². The smallest absolute Gasteiger partial charge is 0.00664 e. The molecule has 102 valence electrons. The number of hydrogen-bond donors (Lipinski definition) is 1. The van der Waals surface area contributed by atoms with Gasteiger partial charge in [0, 0.05) is 12.6 Å². The predicted octanol–water partition coefficient (Wildman–Crippen LogP) is 3.12. The van der Waals surface area contributed by atoms with E-state index in [1.807, 2.05) is 0 Å². The number of nitrogens with two attached hydrogens (primary N) is 1. The normalized spacial score (nSPS) is 27.7. The van der Waals surface area contributed by atoms with Crippen LogP contribution >= 0.6 is 0 Å². The van der Waals surface area contributed by atoms with Crippen LogP contribution in [0.15, 0.2) is 0 Å². The van der Waals surface area contributed by atoms with Gasteiger partial charge >= 0.3 is 0 Å². The Balaban J connectivity index is 2.25. The van der Waals surface area contributed by atoms with Crippen LogP contribution in [0.1, 0.15) is 52.9 Å². The summed E-state index contributed by atoms with van der Waals surface area (Å²) < 4.78 is 0. The third kappa shape index (κ3) is 5.39. The maximum atomic E-state index is 5.74. The molecule has 1 saturated carbocycles. The fourth-order valence-corrected chi connectivity index (χ4v) is 3.10. The van der Waals surface area contributed by atoms with Gasteiger partial charge < -0.3 is 10.6 Å². The molecule has 0 heterocycles. The van der Waals surface area contributed by atoms with E-state index in [0.717, 1.165) is 30.3 Å². The van der Waals surface area contributed by atoms with E-state index in [1.165, 1.54) is 38.6 Å². The van der Waals surface area contributed by atoms with Crippen molar-refractivity contribution in [1.82, 2.24) is 4.90 Å². The first-order valence-corrected chi connectivity index (χ1v) is 7.43. The third-order valence-electron chi connectivity index (χ3n) is 4.41. The molecule has 1 rings (SSSR count). The van der Waals surface area contributed by atoms with Crippen LogP contribution in [0.3, 0.4) is 0 Å². The summed E-state index contributed by atoms with van der Waals surface area (Å²) in [7, 11) is 2.29. The molecule has 1 aliphatic rings. The Kier molecular flexibility index (Phi) is 6.50. The van der Waals surface area contributed by atoms with Gasteiger partial charge in [-0.3, -0.25) is 0 Å². The fraction of sp³-hybridized carbons (Fsp3) is 1.00. The number of nitrogens with zero attached hydrogens (tertiary/aromatic N) is 1. The van der Waals surface area contributed by atoms with Crippen molar-refractivity contribution in [3.63, 3.8) is 0 Å².